The molecule has 1 fully saturated rings. The molecule has 0 spiro atoms. The first-order valence-corrected chi connectivity index (χ1v) is 14.0. The number of fused-ring (bicyclic) bond motifs is 4. The second-order valence-electron chi connectivity index (χ2n) is 11.0. The Morgan fingerprint density at radius 2 is 1.57 bits per heavy atom. The lowest BCUT2D eigenvalue weighted by atomic mass is 9.83. The van der Waals surface area contributed by atoms with Gasteiger partial charge in [0.2, 0.25) is 0 Å². The molecule has 0 radical (unpaired) electrons. The monoisotopic (exact) mass is 562 g/mol. The van der Waals surface area contributed by atoms with Gasteiger partial charge in [0.25, 0.3) is 0 Å². The van der Waals surface area contributed by atoms with Gasteiger partial charge in [0.15, 0.2) is 0 Å². The summed E-state index contributed by atoms with van der Waals surface area (Å²) in [7, 11) is 0. The van der Waals surface area contributed by atoms with Crippen molar-refractivity contribution in [3.63, 3.8) is 0 Å². The Bertz CT molecular complexity index is 1800. The first-order chi connectivity index (χ1) is 20.0. The molecule has 6 aliphatic rings. The van der Waals surface area contributed by atoms with E-state index < -0.39 is 23.8 Å². The van der Waals surface area contributed by atoms with Gasteiger partial charge in [-0.15, -0.1) is 0 Å². The fourth-order valence-electron chi connectivity index (χ4n) is 6.33. The lowest BCUT2D eigenvalue weighted by Gasteiger charge is -2.21. The summed E-state index contributed by atoms with van der Waals surface area (Å²) in [5, 5.41) is 9.49. The Morgan fingerprint density at radius 1 is 0.929 bits per heavy atom. The van der Waals surface area contributed by atoms with E-state index in [2.05, 4.69) is 13.5 Å². The molecule has 212 valence electrons. The van der Waals surface area contributed by atoms with Crippen molar-refractivity contribution < 1.29 is 24.2 Å². The number of esters is 2. The zero-order valence-electron chi connectivity index (χ0n) is 24.2. The summed E-state index contributed by atoms with van der Waals surface area (Å²) in [5.41, 5.74) is 9.48. The molecule has 2 atom stereocenters. The quantitative estimate of drug-likeness (QED) is 0.351. The van der Waals surface area contributed by atoms with Crippen LogP contribution in [0.15, 0.2) is 113 Å². The number of carboxylic acids is 1. The van der Waals surface area contributed by atoms with E-state index in [-0.39, 0.29) is 35.6 Å². The van der Waals surface area contributed by atoms with Gasteiger partial charge in [0, 0.05) is 29.5 Å². The Kier molecular flexibility index (Phi) is 6.48. The van der Waals surface area contributed by atoms with Crippen LogP contribution in [0.1, 0.15) is 53.9 Å². The van der Waals surface area contributed by atoms with E-state index in [9.17, 15) is 19.5 Å². The molecule has 0 saturated carbocycles. The zero-order chi connectivity index (χ0) is 30.0. The van der Waals surface area contributed by atoms with E-state index in [0.717, 1.165) is 45.8 Å². The number of carbonyl (C=O) groups is 3. The van der Waals surface area contributed by atoms with E-state index >= 15 is 0 Å². The Morgan fingerprint density at radius 3 is 2.26 bits per heavy atom. The minimum atomic E-state index is -0.948. The molecule has 9 heteroatoms. The topological polar surface area (TPSA) is 130 Å². The third kappa shape index (κ3) is 4.10. The number of allylic oxidation sites excluding steroid dienone is 10. The van der Waals surface area contributed by atoms with Crippen molar-refractivity contribution in [1.29, 1.82) is 0 Å². The number of rotatable bonds is 5. The van der Waals surface area contributed by atoms with Crippen molar-refractivity contribution in [2.24, 2.45) is 31.8 Å². The summed E-state index contributed by atoms with van der Waals surface area (Å²) in [5.74, 6) is -3.19. The summed E-state index contributed by atoms with van der Waals surface area (Å²) in [6.45, 7) is 13.8. The smallest absolute Gasteiger partial charge is 0.350 e. The van der Waals surface area contributed by atoms with Crippen molar-refractivity contribution in [1.82, 2.24) is 0 Å². The van der Waals surface area contributed by atoms with Gasteiger partial charge in [0.05, 0.1) is 45.5 Å². The van der Waals surface area contributed by atoms with Gasteiger partial charge < -0.3 is 9.84 Å². The summed E-state index contributed by atoms with van der Waals surface area (Å²) >= 11 is 0. The number of carbonyl (C=O) groups excluding carboxylic acids is 2. The van der Waals surface area contributed by atoms with Gasteiger partial charge in [-0.25, -0.2) is 24.6 Å². The fraction of sp³-hybridized carbons (Fsp3) is 0.303. The highest BCUT2D eigenvalue weighted by molar-refractivity contribution is 6.42. The van der Waals surface area contributed by atoms with Crippen LogP contribution in [0.3, 0.4) is 0 Å². The number of hydrogen-bond donors (Lipinski definition) is 1. The van der Waals surface area contributed by atoms with Crippen LogP contribution in [0, 0.1) is 11.8 Å². The summed E-state index contributed by atoms with van der Waals surface area (Å²) in [6, 6.07) is 0. The molecular formula is C33H30N4O5. The van der Waals surface area contributed by atoms with Crippen molar-refractivity contribution in [2.45, 2.75) is 53.9 Å². The van der Waals surface area contributed by atoms with Crippen molar-refractivity contribution in [2.75, 3.05) is 0 Å². The zero-order valence-corrected chi connectivity index (χ0v) is 24.2. The standard InChI is InChI=1S/C33H30N4O5/c1-7-18-14(3)21-11-23-16(5)20(9-10-27(38)39)30(36-23)29-31-28(32(40)42-33(29)41)17(6)24(37-31)13-26-19(8-2)15(4)22(35-26)12-25(18)34-21/h7,11-13,16,20H,1,8-10H2,2-6H3,(H,38,39)/t16-,20-/m0/s1. The van der Waals surface area contributed by atoms with E-state index in [0.29, 0.717) is 28.4 Å². The van der Waals surface area contributed by atoms with Crippen LogP contribution < -0.4 is 0 Å². The second-order valence-corrected chi connectivity index (χ2v) is 11.0. The molecule has 0 aromatic heterocycles. The average Bonchev–Trinajstić information content (AvgIpc) is 3.61. The van der Waals surface area contributed by atoms with E-state index in [1.54, 1.807) is 13.0 Å². The second kappa shape index (κ2) is 9.94. The van der Waals surface area contributed by atoms with Gasteiger partial charge in [-0.3, -0.25) is 9.79 Å². The largest absolute Gasteiger partial charge is 0.481 e. The van der Waals surface area contributed by atoms with Gasteiger partial charge >= 0.3 is 17.9 Å². The summed E-state index contributed by atoms with van der Waals surface area (Å²) in [6.07, 6.45) is 8.33. The third-order valence-electron chi connectivity index (χ3n) is 8.74. The lowest BCUT2D eigenvalue weighted by molar-refractivity contribution is -0.154. The molecule has 0 aliphatic carbocycles. The molecule has 6 heterocycles. The molecule has 0 aromatic rings. The average molecular weight is 563 g/mol. The molecule has 6 rings (SSSR count). The lowest BCUT2D eigenvalue weighted by Crippen LogP contribution is -2.32. The van der Waals surface area contributed by atoms with E-state index in [1.807, 2.05) is 39.0 Å². The minimum absolute atomic E-state index is 0.0983. The molecular weight excluding hydrogens is 532 g/mol. The molecule has 0 unspecified atom stereocenters. The number of carboxylic acid groups (broad SMARTS) is 1. The van der Waals surface area contributed by atoms with Gasteiger partial charge in [-0.2, -0.15) is 0 Å². The van der Waals surface area contributed by atoms with Crippen molar-refractivity contribution in [3.05, 3.63) is 92.7 Å². The molecule has 0 amide bonds. The first kappa shape index (κ1) is 27.4. The van der Waals surface area contributed by atoms with E-state index in [1.165, 1.54) is 0 Å². The van der Waals surface area contributed by atoms with Gasteiger partial charge in [-0.05, 0) is 74.1 Å². The fourth-order valence-corrected chi connectivity index (χ4v) is 6.33. The minimum Gasteiger partial charge on any atom is -0.481 e. The molecule has 8 bridgehead atoms. The van der Waals surface area contributed by atoms with Crippen LogP contribution in [-0.4, -0.2) is 45.9 Å². The number of aliphatic imine (C=N–C) groups is 4. The summed E-state index contributed by atoms with van der Waals surface area (Å²) < 4.78 is 5.23. The number of cyclic esters (lactones) is 2. The van der Waals surface area contributed by atoms with Crippen LogP contribution in [-0.2, 0) is 19.1 Å². The molecule has 1 saturated heterocycles. The van der Waals surface area contributed by atoms with Crippen molar-refractivity contribution in [3.8, 4) is 0 Å². The van der Waals surface area contributed by atoms with E-state index in [4.69, 9.17) is 24.7 Å². The maximum atomic E-state index is 13.4. The normalized spacial score (nSPS) is 24.8. The summed E-state index contributed by atoms with van der Waals surface area (Å²) in [4.78, 5) is 57.5. The molecule has 42 heavy (non-hydrogen) atoms. The highest BCUT2D eigenvalue weighted by Crippen LogP contribution is 2.43. The van der Waals surface area contributed by atoms with Gasteiger partial charge in [0.1, 0.15) is 5.57 Å². The predicted octanol–water partition coefficient (Wildman–Crippen LogP) is 5.47. The highest BCUT2D eigenvalue weighted by atomic mass is 16.6. The highest BCUT2D eigenvalue weighted by Gasteiger charge is 2.45. The van der Waals surface area contributed by atoms with Crippen molar-refractivity contribution >= 4 is 40.8 Å². The third-order valence-corrected chi connectivity index (χ3v) is 8.74. The Balaban J connectivity index is 1.67. The molecule has 0 aromatic carbocycles. The van der Waals surface area contributed by atoms with Crippen LogP contribution in [0.5, 0.6) is 0 Å². The van der Waals surface area contributed by atoms with Gasteiger partial charge in [-0.1, -0.05) is 26.5 Å². The maximum absolute atomic E-state index is 13.4. The number of hydrogen-bond acceptors (Lipinski definition) is 8. The van der Waals surface area contributed by atoms with Crippen LogP contribution in [0.2, 0.25) is 0 Å². The molecule has 1 N–H and O–H groups in total. The van der Waals surface area contributed by atoms with Crippen LogP contribution >= 0.6 is 0 Å². The SMILES string of the molecule is C=CC1=C(C)C2=CC3=NC(=C4C(=O)OC(=O)C5=C(C)C(=CC6=NC(=CC1=N2)C(C)=C6CC)N=C54)[C@@H](CCC(=O)O)[C@@H]3C. The number of nitrogens with zero attached hydrogens (tertiary/aromatic N) is 4. The first-order valence-electron chi connectivity index (χ1n) is 14.0. The molecule has 6 aliphatic heterocycles. The maximum Gasteiger partial charge on any atom is 0.350 e. The predicted molar refractivity (Wildman–Crippen MR) is 160 cm³/mol. The number of aliphatic carboxylic acids is 1. The Labute approximate surface area is 243 Å². The van der Waals surface area contributed by atoms with Crippen LogP contribution in [0.25, 0.3) is 0 Å². The Hall–Kier alpha value is -4.79. The number of ether oxygens (including phenoxy) is 1. The molecule has 9 nitrogen and oxygen atoms in total. The van der Waals surface area contributed by atoms with Crippen LogP contribution in [0.4, 0.5) is 0 Å².